The van der Waals surface area contributed by atoms with E-state index in [1.54, 1.807) is 0 Å². The van der Waals surface area contributed by atoms with Crippen LogP contribution in [0, 0.1) is 0 Å². The van der Waals surface area contributed by atoms with E-state index in [9.17, 15) is 38.7 Å². The summed E-state index contributed by atoms with van der Waals surface area (Å²) in [7, 11) is -10.4. The number of H-pyrrole nitrogens is 1. The summed E-state index contributed by atoms with van der Waals surface area (Å²) in [6.07, 6.45) is -6.94. The van der Waals surface area contributed by atoms with Crippen molar-refractivity contribution < 1.29 is 57.4 Å². The van der Waals surface area contributed by atoms with E-state index >= 15 is 0 Å². The first-order chi connectivity index (χ1) is 13.8. The Bertz CT molecular complexity index is 932. The number of hydrogen-bond donors (Lipinski definition) is 7. The second-order valence-electron chi connectivity index (χ2n) is 6.01. The van der Waals surface area contributed by atoms with Crippen molar-refractivity contribution in [3.63, 3.8) is 0 Å². The predicted molar refractivity (Wildman–Crippen MR) is 93.0 cm³/mol. The summed E-state index contributed by atoms with van der Waals surface area (Å²) < 4.78 is 42.0. The van der Waals surface area contributed by atoms with Crippen LogP contribution in [0.1, 0.15) is 6.23 Å². The summed E-state index contributed by atoms with van der Waals surface area (Å²) in [5.41, 5.74) is -1.68. The largest absolute Gasteiger partial charge is 0.481 e. The van der Waals surface area contributed by atoms with Crippen LogP contribution >= 0.6 is 15.6 Å². The van der Waals surface area contributed by atoms with E-state index in [1.165, 1.54) is 0 Å². The van der Waals surface area contributed by atoms with Crippen molar-refractivity contribution in [2.24, 2.45) is 0 Å². The number of phosphoric ester groups is 2. The summed E-state index contributed by atoms with van der Waals surface area (Å²) in [6.45, 7) is -2.64. The highest BCUT2D eigenvalue weighted by atomic mass is 31.3. The molecular weight excluding hydrogens is 458 g/mol. The van der Waals surface area contributed by atoms with E-state index in [0.717, 1.165) is 16.8 Å². The topological polar surface area (TPSA) is 247 Å². The van der Waals surface area contributed by atoms with Gasteiger partial charge in [-0.1, -0.05) is 0 Å². The summed E-state index contributed by atoms with van der Waals surface area (Å²) >= 11 is 0. The van der Waals surface area contributed by atoms with E-state index in [0.29, 0.717) is 0 Å². The van der Waals surface area contributed by atoms with Gasteiger partial charge in [-0.15, -0.1) is 0 Å². The number of aliphatic hydroxyl groups is 4. The number of rotatable bonds is 10. The zero-order valence-corrected chi connectivity index (χ0v) is 16.7. The van der Waals surface area contributed by atoms with Crippen LogP contribution in [0.15, 0.2) is 21.9 Å². The van der Waals surface area contributed by atoms with Crippen LogP contribution < -0.4 is 11.2 Å². The van der Waals surface area contributed by atoms with Gasteiger partial charge in [0.25, 0.3) is 5.56 Å². The molecule has 30 heavy (non-hydrogen) atoms. The lowest BCUT2D eigenvalue weighted by Gasteiger charge is -2.19. The van der Waals surface area contributed by atoms with Crippen LogP contribution in [0.4, 0.5) is 0 Å². The molecule has 16 nitrogen and oxygen atoms in total. The van der Waals surface area contributed by atoms with Crippen molar-refractivity contribution in [1.82, 2.24) is 9.55 Å². The first-order valence-electron chi connectivity index (χ1n) is 8.13. The second kappa shape index (κ2) is 9.91. The smallest absolute Gasteiger partial charge is 0.394 e. The van der Waals surface area contributed by atoms with Crippen LogP contribution in [0.25, 0.3) is 0 Å². The maximum atomic E-state index is 11.8. The van der Waals surface area contributed by atoms with Gasteiger partial charge in [0.15, 0.2) is 6.23 Å². The molecule has 18 heteroatoms. The molecule has 0 saturated carbocycles. The Morgan fingerprint density at radius 2 is 1.80 bits per heavy atom. The Labute approximate surface area is 167 Å². The Hall–Kier alpha value is -1.26. The Morgan fingerprint density at radius 3 is 2.40 bits per heavy atom. The molecule has 0 spiro atoms. The normalized spacial score (nSPS) is 29.3. The molecule has 0 aliphatic carbocycles. The third kappa shape index (κ3) is 6.62. The van der Waals surface area contributed by atoms with Crippen molar-refractivity contribution >= 4 is 15.6 Å². The molecule has 2 heterocycles. The van der Waals surface area contributed by atoms with E-state index in [1.807, 2.05) is 4.98 Å². The first kappa shape index (κ1) is 25.0. The number of aliphatic hydroxyl groups excluding tert-OH is 4. The molecule has 1 saturated heterocycles. The van der Waals surface area contributed by atoms with Gasteiger partial charge < -0.3 is 34.9 Å². The van der Waals surface area contributed by atoms with Gasteiger partial charge in [0.1, 0.15) is 24.4 Å². The highest BCUT2D eigenvalue weighted by Crippen LogP contribution is 2.60. The predicted octanol–water partition coefficient (Wildman–Crippen LogP) is -3.24. The Morgan fingerprint density at radius 1 is 1.17 bits per heavy atom. The minimum atomic E-state index is -5.26. The van der Waals surface area contributed by atoms with Crippen molar-refractivity contribution in [3.8, 4) is 0 Å². The number of hydrogen-bond acceptors (Lipinski definition) is 12. The van der Waals surface area contributed by atoms with Gasteiger partial charge in [0.05, 0.1) is 19.8 Å². The van der Waals surface area contributed by atoms with Crippen LogP contribution in [0.3, 0.4) is 0 Å². The van der Waals surface area contributed by atoms with E-state index in [4.69, 9.17) is 14.9 Å². The first-order valence-corrected chi connectivity index (χ1v) is 11.1. The summed E-state index contributed by atoms with van der Waals surface area (Å²) in [5.74, 6) is 0. The average Bonchev–Trinajstić information content (AvgIpc) is 2.92. The lowest BCUT2D eigenvalue weighted by molar-refractivity contribution is -0.0544. The second-order valence-corrected chi connectivity index (χ2v) is 9.05. The number of ether oxygens (including phenoxy) is 1. The van der Waals surface area contributed by atoms with Crippen LogP contribution in [0.5, 0.6) is 0 Å². The molecule has 1 aromatic rings. The number of phosphoric acid groups is 2. The lowest BCUT2D eigenvalue weighted by atomic mass is 10.1. The van der Waals surface area contributed by atoms with Gasteiger partial charge in [-0.25, -0.2) is 13.9 Å². The van der Waals surface area contributed by atoms with E-state index in [2.05, 4.69) is 13.4 Å². The number of nitrogens with one attached hydrogen (secondary N) is 1. The third-order valence-electron chi connectivity index (χ3n) is 3.71. The monoisotopic (exact) mass is 478 g/mol. The van der Waals surface area contributed by atoms with Gasteiger partial charge in [0.2, 0.25) is 0 Å². The van der Waals surface area contributed by atoms with Crippen LogP contribution in [-0.4, -0.2) is 84.0 Å². The van der Waals surface area contributed by atoms with Crippen LogP contribution in [-0.2, 0) is 27.2 Å². The minimum absolute atomic E-state index is 0.718. The van der Waals surface area contributed by atoms with Crippen molar-refractivity contribution in [2.75, 3.05) is 19.8 Å². The standard InChI is InChI=1S/C12H20N2O14P2/c15-3-6(16)4-25-29(21,22)28-30(23,24)26-5-7-9(18)10(19)11(27-7)14-2-1-8(17)13-12(14)20/h1-2,6-7,9-11,15-16,18-19H,3-5H2,(H,21,22)(H,23,24)(H,13,17,20)/t6?,7-,9-,10-,11-/m1/s1. The average molecular weight is 478 g/mol. The molecular formula is C12H20N2O14P2. The molecule has 3 unspecified atom stereocenters. The van der Waals surface area contributed by atoms with Gasteiger partial charge >= 0.3 is 21.3 Å². The maximum absolute atomic E-state index is 11.8. The molecule has 1 aliphatic heterocycles. The highest BCUT2D eigenvalue weighted by Gasteiger charge is 2.46. The van der Waals surface area contributed by atoms with Gasteiger partial charge in [-0.2, -0.15) is 4.31 Å². The molecule has 0 amide bonds. The molecule has 2 rings (SSSR count). The Kier molecular flexibility index (Phi) is 8.26. The maximum Gasteiger partial charge on any atom is 0.481 e. The van der Waals surface area contributed by atoms with Gasteiger partial charge in [0, 0.05) is 12.3 Å². The minimum Gasteiger partial charge on any atom is -0.394 e. The molecule has 1 aliphatic rings. The molecule has 1 aromatic heterocycles. The summed E-state index contributed by atoms with van der Waals surface area (Å²) in [6, 6.07) is 0.954. The molecule has 0 aromatic carbocycles. The van der Waals surface area contributed by atoms with Gasteiger partial charge in [-0.3, -0.25) is 23.4 Å². The Balaban J connectivity index is 1.99. The molecule has 0 bridgehead atoms. The summed E-state index contributed by atoms with van der Waals surface area (Å²) in [5, 5.41) is 37.7. The fourth-order valence-electron chi connectivity index (χ4n) is 2.30. The fourth-order valence-corrected chi connectivity index (χ4v) is 4.42. The zero-order valence-electron chi connectivity index (χ0n) is 15.0. The van der Waals surface area contributed by atoms with E-state index in [-0.39, 0.29) is 0 Å². The van der Waals surface area contributed by atoms with Crippen molar-refractivity contribution in [2.45, 2.75) is 30.6 Å². The van der Waals surface area contributed by atoms with E-state index < -0.39 is 77.4 Å². The summed E-state index contributed by atoms with van der Waals surface area (Å²) in [4.78, 5) is 43.7. The number of aromatic nitrogens is 2. The molecule has 7 N–H and O–H groups in total. The number of nitrogens with zero attached hydrogens (tertiary/aromatic N) is 1. The SMILES string of the molecule is O=c1ccn([C@@H]2O[C@H](COP(=O)(O)OP(=O)(O)OCC(O)CO)[C@@H](O)[C@H]2O)c(=O)[nH]1. The molecule has 172 valence electrons. The molecule has 7 atom stereocenters. The molecule has 0 radical (unpaired) electrons. The fraction of sp³-hybridized carbons (Fsp3) is 0.667. The van der Waals surface area contributed by atoms with Crippen molar-refractivity contribution in [1.29, 1.82) is 0 Å². The highest BCUT2D eigenvalue weighted by molar-refractivity contribution is 7.61. The zero-order chi connectivity index (χ0) is 22.7. The quantitative estimate of drug-likeness (QED) is 0.163. The lowest BCUT2D eigenvalue weighted by Crippen LogP contribution is -2.37. The van der Waals surface area contributed by atoms with Gasteiger partial charge in [-0.05, 0) is 0 Å². The third-order valence-corrected chi connectivity index (χ3v) is 6.31. The molecule has 1 fully saturated rings. The number of aromatic amines is 1. The van der Waals surface area contributed by atoms with Crippen molar-refractivity contribution in [3.05, 3.63) is 33.1 Å². The van der Waals surface area contributed by atoms with Crippen LogP contribution in [0.2, 0.25) is 0 Å².